The maximum atomic E-state index is 11.3. The number of nitrogens with one attached hydrogen (secondary N) is 1. The summed E-state index contributed by atoms with van der Waals surface area (Å²) in [5, 5.41) is 2.49. The van der Waals surface area contributed by atoms with E-state index in [0.717, 1.165) is 0 Å². The Kier molecular flexibility index (Phi) is 6.29. The van der Waals surface area contributed by atoms with Crippen molar-refractivity contribution in [2.24, 2.45) is 0 Å². The van der Waals surface area contributed by atoms with Gasteiger partial charge in [0.15, 0.2) is 12.2 Å². The first kappa shape index (κ1) is 17.9. The normalized spacial score (nSPS) is 27.5. The van der Waals surface area contributed by atoms with Crippen LogP contribution in [-0.4, -0.2) is 55.0 Å². The molecule has 1 saturated heterocycles. The molecule has 1 aliphatic rings. The standard InChI is InChI=1S/C13H19NO8/c1-6(15)14-11-12(21-8(3)17)10(20-7(2)16)5-19-13(11)22-9(4)18/h10-13H,5H2,1-4H3,(H,14,15)/t10-,11-,12+,13?/m1/s1. The molecule has 0 saturated carbocycles. The summed E-state index contributed by atoms with van der Waals surface area (Å²) >= 11 is 0. The molecule has 1 unspecified atom stereocenters. The van der Waals surface area contributed by atoms with Gasteiger partial charge in [0.25, 0.3) is 0 Å². The number of ether oxygens (including phenoxy) is 4. The third-order valence-electron chi connectivity index (χ3n) is 2.71. The van der Waals surface area contributed by atoms with E-state index < -0.39 is 48.4 Å². The second-order valence-corrected chi connectivity index (χ2v) is 4.76. The minimum absolute atomic E-state index is 0.147. The van der Waals surface area contributed by atoms with Crippen LogP contribution in [-0.2, 0) is 38.1 Å². The molecule has 0 aromatic rings. The van der Waals surface area contributed by atoms with Crippen LogP contribution in [0.5, 0.6) is 0 Å². The lowest BCUT2D eigenvalue weighted by molar-refractivity contribution is -0.240. The molecule has 1 amide bonds. The molecule has 1 rings (SSSR count). The highest BCUT2D eigenvalue weighted by Crippen LogP contribution is 2.22. The van der Waals surface area contributed by atoms with Crippen molar-refractivity contribution in [3.8, 4) is 0 Å². The minimum Gasteiger partial charge on any atom is -0.456 e. The van der Waals surface area contributed by atoms with E-state index in [1.165, 1.54) is 27.7 Å². The van der Waals surface area contributed by atoms with Crippen LogP contribution in [0.3, 0.4) is 0 Å². The third-order valence-corrected chi connectivity index (χ3v) is 2.71. The number of amides is 1. The van der Waals surface area contributed by atoms with Gasteiger partial charge >= 0.3 is 17.9 Å². The average Bonchev–Trinajstić information content (AvgIpc) is 2.34. The lowest BCUT2D eigenvalue weighted by Gasteiger charge is -2.40. The van der Waals surface area contributed by atoms with Crippen LogP contribution in [0.15, 0.2) is 0 Å². The van der Waals surface area contributed by atoms with E-state index in [4.69, 9.17) is 18.9 Å². The molecule has 9 nitrogen and oxygen atoms in total. The van der Waals surface area contributed by atoms with Crippen LogP contribution >= 0.6 is 0 Å². The van der Waals surface area contributed by atoms with Crippen molar-refractivity contribution in [2.75, 3.05) is 6.61 Å². The molecule has 0 radical (unpaired) electrons. The molecule has 0 bridgehead atoms. The first-order valence-electron chi connectivity index (χ1n) is 6.61. The molecule has 1 aliphatic heterocycles. The zero-order valence-corrected chi connectivity index (χ0v) is 12.8. The van der Waals surface area contributed by atoms with Gasteiger partial charge in [-0.2, -0.15) is 0 Å². The van der Waals surface area contributed by atoms with Crippen LogP contribution < -0.4 is 5.32 Å². The van der Waals surface area contributed by atoms with Crippen molar-refractivity contribution in [1.82, 2.24) is 5.32 Å². The Hall–Kier alpha value is -2.16. The summed E-state index contributed by atoms with van der Waals surface area (Å²) in [4.78, 5) is 44.9. The fraction of sp³-hybridized carbons (Fsp3) is 0.692. The highest BCUT2D eigenvalue weighted by molar-refractivity contribution is 5.74. The molecule has 22 heavy (non-hydrogen) atoms. The van der Waals surface area contributed by atoms with Crippen molar-refractivity contribution in [2.45, 2.75) is 52.2 Å². The molecule has 1 N–H and O–H groups in total. The van der Waals surface area contributed by atoms with Gasteiger partial charge in [-0.3, -0.25) is 19.2 Å². The zero-order chi connectivity index (χ0) is 16.9. The Balaban J connectivity index is 3.03. The maximum Gasteiger partial charge on any atom is 0.305 e. The first-order valence-corrected chi connectivity index (χ1v) is 6.61. The number of carbonyl (C=O) groups is 4. The molecule has 0 aliphatic carbocycles. The number of hydrogen-bond donors (Lipinski definition) is 1. The quantitative estimate of drug-likeness (QED) is 0.533. The summed E-state index contributed by atoms with van der Waals surface area (Å²) in [7, 11) is 0. The SMILES string of the molecule is CC(=O)N[C@H]1C(OC(C)=O)OC[C@@H](OC(C)=O)[C@@H]1OC(C)=O. The zero-order valence-electron chi connectivity index (χ0n) is 12.8. The summed E-state index contributed by atoms with van der Waals surface area (Å²) in [6, 6.07) is -0.997. The largest absolute Gasteiger partial charge is 0.456 e. The van der Waals surface area contributed by atoms with Gasteiger partial charge < -0.3 is 24.3 Å². The Bertz CT molecular complexity index is 421. The number of carbonyl (C=O) groups excluding carboxylic acids is 4. The number of rotatable bonds is 4. The maximum absolute atomic E-state index is 11.3. The van der Waals surface area contributed by atoms with E-state index in [0.29, 0.717) is 0 Å². The van der Waals surface area contributed by atoms with E-state index in [9.17, 15) is 19.2 Å². The monoisotopic (exact) mass is 317 g/mol. The van der Waals surface area contributed by atoms with Gasteiger partial charge in [-0.1, -0.05) is 0 Å². The lowest BCUT2D eigenvalue weighted by atomic mass is 10.0. The lowest BCUT2D eigenvalue weighted by Crippen LogP contribution is -2.63. The van der Waals surface area contributed by atoms with Crippen LogP contribution in [0, 0.1) is 0 Å². The summed E-state index contributed by atoms with van der Waals surface area (Å²) in [5.41, 5.74) is 0. The van der Waals surface area contributed by atoms with Crippen LogP contribution in [0.25, 0.3) is 0 Å². The molecule has 9 heteroatoms. The summed E-state index contributed by atoms with van der Waals surface area (Å²) in [5.74, 6) is -2.32. The van der Waals surface area contributed by atoms with E-state index in [1.54, 1.807) is 0 Å². The van der Waals surface area contributed by atoms with Gasteiger partial charge in [0.05, 0.1) is 6.61 Å². The van der Waals surface area contributed by atoms with Crippen molar-refractivity contribution < 1.29 is 38.1 Å². The fourth-order valence-electron chi connectivity index (χ4n) is 2.09. The fourth-order valence-corrected chi connectivity index (χ4v) is 2.09. The van der Waals surface area contributed by atoms with Crippen molar-refractivity contribution in [3.63, 3.8) is 0 Å². The van der Waals surface area contributed by atoms with Gasteiger partial charge in [-0.25, -0.2) is 0 Å². The van der Waals surface area contributed by atoms with Gasteiger partial charge in [-0.15, -0.1) is 0 Å². The Morgan fingerprint density at radius 3 is 1.91 bits per heavy atom. The molecule has 4 atom stereocenters. The molecule has 1 fully saturated rings. The van der Waals surface area contributed by atoms with E-state index in [-0.39, 0.29) is 6.61 Å². The Morgan fingerprint density at radius 1 is 0.909 bits per heavy atom. The molecular formula is C13H19NO8. The van der Waals surface area contributed by atoms with E-state index >= 15 is 0 Å². The van der Waals surface area contributed by atoms with Gasteiger partial charge in [-0.05, 0) is 0 Å². The topological polar surface area (TPSA) is 117 Å². The molecular weight excluding hydrogens is 298 g/mol. The molecule has 0 aromatic carbocycles. The average molecular weight is 317 g/mol. The van der Waals surface area contributed by atoms with Gasteiger partial charge in [0.2, 0.25) is 12.2 Å². The molecule has 1 heterocycles. The van der Waals surface area contributed by atoms with Gasteiger partial charge in [0.1, 0.15) is 6.04 Å². The predicted octanol–water partition coefficient (Wildman–Crippen LogP) is -0.726. The van der Waals surface area contributed by atoms with Crippen LogP contribution in [0.1, 0.15) is 27.7 Å². The van der Waals surface area contributed by atoms with Crippen molar-refractivity contribution in [1.29, 1.82) is 0 Å². The predicted molar refractivity (Wildman–Crippen MR) is 70.2 cm³/mol. The number of hydrogen-bond acceptors (Lipinski definition) is 8. The molecule has 124 valence electrons. The highest BCUT2D eigenvalue weighted by Gasteiger charge is 2.46. The summed E-state index contributed by atoms with van der Waals surface area (Å²) in [6.45, 7) is 4.63. The van der Waals surface area contributed by atoms with Gasteiger partial charge in [0, 0.05) is 27.7 Å². The highest BCUT2D eigenvalue weighted by atomic mass is 16.7. The minimum atomic E-state index is -1.16. The van der Waals surface area contributed by atoms with Crippen molar-refractivity contribution >= 4 is 23.8 Å². The smallest absolute Gasteiger partial charge is 0.305 e. The second-order valence-electron chi connectivity index (χ2n) is 4.76. The number of esters is 3. The van der Waals surface area contributed by atoms with E-state index in [1.807, 2.05) is 0 Å². The van der Waals surface area contributed by atoms with E-state index in [2.05, 4.69) is 5.32 Å². The third kappa shape index (κ3) is 5.32. The Labute approximate surface area is 127 Å². The molecule has 0 spiro atoms. The first-order chi connectivity index (χ1) is 10.2. The van der Waals surface area contributed by atoms with Crippen molar-refractivity contribution in [3.05, 3.63) is 0 Å². The molecule has 0 aromatic heterocycles. The summed E-state index contributed by atoms with van der Waals surface area (Å²) in [6.07, 6.45) is -3.12. The second kappa shape index (κ2) is 7.74. The van der Waals surface area contributed by atoms with Crippen LogP contribution in [0.2, 0.25) is 0 Å². The van der Waals surface area contributed by atoms with Crippen LogP contribution in [0.4, 0.5) is 0 Å². The summed E-state index contributed by atoms with van der Waals surface area (Å²) < 4.78 is 20.4. The Morgan fingerprint density at radius 2 is 1.45 bits per heavy atom.